The van der Waals surface area contributed by atoms with Gasteiger partial charge in [0.1, 0.15) is 0 Å². The molecule has 0 aromatic carbocycles. The summed E-state index contributed by atoms with van der Waals surface area (Å²) in [6.07, 6.45) is 0. The van der Waals surface area contributed by atoms with Gasteiger partial charge in [0.25, 0.3) is 0 Å². The first-order chi connectivity index (χ1) is 2.94. The Morgan fingerprint density at radius 1 is 1.86 bits per heavy atom. The van der Waals surface area contributed by atoms with E-state index in [-0.39, 0.29) is 0 Å². The third-order valence-corrected chi connectivity index (χ3v) is 0.433. The number of aliphatic carboxylic acids is 1. The van der Waals surface area contributed by atoms with Crippen LogP contribution in [0.2, 0.25) is 0 Å². The summed E-state index contributed by atoms with van der Waals surface area (Å²) in [6, 6.07) is 0. The number of aliphatic hydroxyl groups is 1. The normalized spacial score (nSPS) is 18.1. The SMILES string of the molecule is C[C@@](N)(O)C(=O)O. The lowest BCUT2D eigenvalue weighted by Gasteiger charge is -2.07. The Kier molecular flexibility index (Phi) is 1.35. The van der Waals surface area contributed by atoms with Gasteiger partial charge in [-0.2, -0.15) is 0 Å². The molecule has 0 spiro atoms. The zero-order valence-corrected chi connectivity index (χ0v) is 3.88. The van der Waals surface area contributed by atoms with Crippen LogP contribution < -0.4 is 5.73 Å². The van der Waals surface area contributed by atoms with Crippen molar-refractivity contribution in [2.45, 2.75) is 12.6 Å². The molecule has 0 fully saturated rings. The largest absolute Gasteiger partial charge is 0.478 e. The molecule has 0 unspecified atom stereocenters. The second-order valence-electron chi connectivity index (χ2n) is 1.45. The summed E-state index contributed by atoms with van der Waals surface area (Å²) in [5.41, 5.74) is 2.55. The van der Waals surface area contributed by atoms with Gasteiger partial charge in [-0.1, -0.05) is 0 Å². The van der Waals surface area contributed by atoms with Crippen LogP contribution in [0.4, 0.5) is 0 Å². The minimum Gasteiger partial charge on any atom is -0.478 e. The van der Waals surface area contributed by atoms with E-state index in [9.17, 15) is 4.79 Å². The van der Waals surface area contributed by atoms with Crippen LogP contribution in [0.1, 0.15) is 6.92 Å². The number of carboxylic acids is 1. The third-order valence-electron chi connectivity index (χ3n) is 0.433. The molecule has 4 nitrogen and oxygen atoms in total. The fourth-order valence-corrected chi connectivity index (χ4v) is 0. The molecule has 0 aromatic heterocycles. The van der Waals surface area contributed by atoms with Crippen molar-refractivity contribution in [2.75, 3.05) is 0 Å². The van der Waals surface area contributed by atoms with Gasteiger partial charge >= 0.3 is 5.97 Å². The monoisotopic (exact) mass is 105 g/mol. The second kappa shape index (κ2) is 1.48. The second-order valence-corrected chi connectivity index (χ2v) is 1.45. The van der Waals surface area contributed by atoms with Gasteiger partial charge in [0.15, 0.2) is 0 Å². The van der Waals surface area contributed by atoms with E-state index in [1.165, 1.54) is 0 Å². The van der Waals surface area contributed by atoms with E-state index in [0.717, 1.165) is 6.92 Å². The molecule has 0 heterocycles. The van der Waals surface area contributed by atoms with Crippen molar-refractivity contribution in [3.8, 4) is 0 Å². The summed E-state index contributed by atoms with van der Waals surface area (Å²) in [4.78, 5) is 9.65. The quantitative estimate of drug-likeness (QED) is 0.363. The van der Waals surface area contributed by atoms with Crippen molar-refractivity contribution in [1.29, 1.82) is 0 Å². The van der Waals surface area contributed by atoms with Gasteiger partial charge in [-0.15, -0.1) is 0 Å². The molecule has 7 heavy (non-hydrogen) atoms. The first-order valence-corrected chi connectivity index (χ1v) is 1.69. The molecule has 0 aliphatic carbocycles. The minimum absolute atomic E-state index is 0.995. The van der Waals surface area contributed by atoms with E-state index in [0.29, 0.717) is 0 Å². The topological polar surface area (TPSA) is 83.5 Å². The molecule has 4 N–H and O–H groups in total. The first kappa shape index (κ1) is 6.39. The predicted molar refractivity (Wildman–Crippen MR) is 22.4 cm³/mol. The fourth-order valence-electron chi connectivity index (χ4n) is 0. The third kappa shape index (κ3) is 2.13. The highest BCUT2D eigenvalue weighted by Gasteiger charge is 2.22. The van der Waals surface area contributed by atoms with Crippen LogP contribution in [0.15, 0.2) is 0 Å². The molecule has 4 heteroatoms. The zero-order chi connectivity index (χ0) is 6.08. The Bertz CT molecular complexity index is 82.7. The highest BCUT2D eigenvalue weighted by atomic mass is 16.4. The average molecular weight is 105 g/mol. The standard InChI is InChI=1S/C3H7NO3/c1-3(4,7)2(5)6/h7H,4H2,1H3,(H,5,6)/t3-/m1/s1. The van der Waals surface area contributed by atoms with Gasteiger partial charge in [0, 0.05) is 0 Å². The molecular formula is C3H7NO3. The molecule has 1 atom stereocenters. The Balaban J connectivity index is 3.79. The van der Waals surface area contributed by atoms with E-state index in [2.05, 4.69) is 5.73 Å². The average Bonchev–Trinajstić information content (AvgIpc) is 1.31. The number of hydrogen-bond acceptors (Lipinski definition) is 3. The molecule has 0 amide bonds. The summed E-state index contributed by atoms with van der Waals surface area (Å²) in [6.45, 7) is 0.995. The van der Waals surface area contributed by atoms with Gasteiger partial charge in [0.2, 0.25) is 5.72 Å². The Hall–Kier alpha value is -0.610. The highest BCUT2D eigenvalue weighted by Crippen LogP contribution is 1.88. The van der Waals surface area contributed by atoms with Crippen LogP contribution in [0.5, 0.6) is 0 Å². The van der Waals surface area contributed by atoms with E-state index in [1.807, 2.05) is 0 Å². The molecule has 0 radical (unpaired) electrons. The van der Waals surface area contributed by atoms with E-state index >= 15 is 0 Å². The molecule has 42 valence electrons. The van der Waals surface area contributed by atoms with E-state index in [1.54, 1.807) is 0 Å². The maximum atomic E-state index is 9.65. The number of carbonyl (C=O) groups is 1. The van der Waals surface area contributed by atoms with Crippen LogP contribution in [-0.4, -0.2) is 21.9 Å². The van der Waals surface area contributed by atoms with Crippen molar-refractivity contribution in [2.24, 2.45) is 5.73 Å². The van der Waals surface area contributed by atoms with Gasteiger partial charge in [0.05, 0.1) is 0 Å². The number of rotatable bonds is 1. The van der Waals surface area contributed by atoms with Crippen molar-refractivity contribution in [3.63, 3.8) is 0 Å². The van der Waals surface area contributed by atoms with Crippen LogP contribution in [0, 0.1) is 0 Å². The van der Waals surface area contributed by atoms with Crippen molar-refractivity contribution in [3.05, 3.63) is 0 Å². The van der Waals surface area contributed by atoms with Gasteiger partial charge in [-0.25, -0.2) is 4.79 Å². The van der Waals surface area contributed by atoms with E-state index in [4.69, 9.17) is 10.2 Å². The molecule has 0 aliphatic rings. The maximum absolute atomic E-state index is 9.65. The predicted octanol–water partition coefficient (Wildman–Crippen LogP) is -1.26. The maximum Gasteiger partial charge on any atom is 0.350 e. The van der Waals surface area contributed by atoms with Crippen molar-refractivity contribution >= 4 is 5.97 Å². The lowest BCUT2D eigenvalue weighted by atomic mass is 10.3. The molecule has 0 bridgehead atoms. The van der Waals surface area contributed by atoms with Crippen LogP contribution in [-0.2, 0) is 4.79 Å². The van der Waals surface area contributed by atoms with Gasteiger partial charge in [-0.3, -0.25) is 5.73 Å². The first-order valence-electron chi connectivity index (χ1n) is 1.69. The smallest absolute Gasteiger partial charge is 0.350 e. The molecule has 0 saturated carbocycles. The molecule has 0 aromatic rings. The summed E-state index contributed by atoms with van der Waals surface area (Å²) in [5.74, 6) is -1.42. The number of hydrogen-bond donors (Lipinski definition) is 3. The molecule has 0 rings (SSSR count). The van der Waals surface area contributed by atoms with E-state index < -0.39 is 11.7 Å². The lowest BCUT2D eigenvalue weighted by Crippen LogP contribution is -2.44. The fraction of sp³-hybridized carbons (Fsp3) is 0.667. The molecular weight excluding hydrogens is 98.0 g/mol. The number of carboxylic acid groups (broad SMARTS) is 1. The Morgan fingerprint density at radius 3 is 2.00 bits per heavy atom. The molecule has 0 saturated heterocycles. The van der Waals surface area contributed by atoms with Gasteiger partial charge in [-0.05, 0) is 6.92 Å². The lowest BCUT2D eigenvalue weighted by molar-refractivity contribution is -0.155. The summed E-state index contributed by atoms with van der Waals surface area (Å²) < 4.78 is 0. The Morgan fingerprint density at radius 2 is 2.00 bits per heavy atom. The number of nitrogens with two attached hydrogens (primary N) is 1. The summed E-state index contributed by atoms with van der Waals surface area (Å²) >= 11 is 0. The summed E-state index contributed by atoms with van der Waals surface area (Å²) in [7, 11) is 0. The van der Waals surface area contributed by atoms with Crippen LogP contribution in [0.25, 0.3) is 0 Å². The van der Waals surface area contributed by atoms with Crippen LogP contribution >= 0.6 is 0 Å². The Labute approximate surface area is 40.6 Å². The minimum atomic E-state index is -2.08. The van der Waals surface area contributed by atoms with Crippen LogP contribution in [0.3, 0.4) is 0 Å². The van der Waals surface area contributed by atoms with Gasteiger partial charge < -0.3 is 10.2 Å². The highest BCUT2D eigenvalue weighted by molar-refractivity contribution is 5.75. The molecule has 0 aliphatic heterocycles. The van der Waals surface area contributed by atoms with Crippen molar-refractivity contribution < 1.29 is 15.0 Å². The zero-order valence-electron chi connectivity index (χ0n) is 3.88. The van der Waals surface area contributed by atoms with Crippen molar-refractivity contribution in [1.82, 2.24) is 0 Å². The summed E-state index contributed by atoms with van der Waals surface area (Å²) in [5, 5.41) is 16.1.